The molecule has 1 aromatic carbocycles. The van der Waals surface area contributed by atoms with E-state index in [0.717, 1.165) is 30.7 Å². The van der Waals surface area contributed by atoms with Gasteiger partial charge in [-0.3, -0.25) is 0 Å². The molecule has 0 bridgehead atoms. The molecule has 10 heteroatoms. The van der Waals surface area contributed by atoms with E-state index in [-0.39, 0.29) is 28.9 Å². The highest BCUT2D eigenvalue weighted by Crippen LogP contribution is 2.44. The Morgan fingerprint density at radius 3 is 2.56 bits per heavy atom. The van der Waals surface area contributed by atoms with Gasteiger partial charge < -0.3 is 14.2 Å². The van der Waals surface area contributed by atoms with Gasteiger partial charge in [0.05, 0.1) is 17.6 Å². The number of nitrogens with one attached hydrogen (secondary N) is 1. The zero-order valence-electron chi connectivity index (χ0n) is 13.3. The number of sulfonamides is 1. The fourth-order valence-corrected chi connectivity index (χ4v) is 4.80. The van der Waals surface area contributed by atoms with E-state index in [9.17, 15) is 21.6 Å². The van der Waals surface area contributed by atoms with Crippen LogP contribution in [0.25, 0.3) is 0 Å². The fourth-order valence-electron chi connectivity index (χ4n) is 3.46. The molecule has 1 heterocycles. The summed E-state index contributed by atoms with van der Waals surface area (Å²) in [6.45, 7) is 0.948. The smallest absolute Gasteiger partial charge is 0.406 e. The van der Waals surface area contributed by atoms with Crippen LogP contribution in [0.5, 0.6) is 5.75 Å². The van der Waals surface area contributed by atoms with E-state index in [4.69, 9.17) is 9.47 Å². The van der Waals surface area contributed by atoms with Crippen LogP contribution < -0.4 is 9.46 Å². The van der Waals surface area contributed by atoms with Gasteiger partial charge in [0.1, 0.15) is 5.75 Å². The summed E-state index contributed by atoms with van der Waals surface area (Å²) in [6.07, 6.45) is -4.08. The van der Waals surface area contributed by atoms with E-state index in [2.05, 4.69) is 9.46 Å². The number of benzene rings is 1. The molecule has 2 fully saturated rings. The van der Waals surface area contributed by atoms with Crippen LogP contribution in [0.2, 0.25) is 0 Å². The van der Waals surface area contributed by atoms with Gasteiger partial charge in [-0.15, -0.1) is 13.2 Å². The van der Waals surface area contributed by atoms with Crippen molar-refractivity contribution in [2.45, 2.75) is 29.8 Å². The molecule has 6 nitrogen and oxygen atoms in total. The van der Waals surface area contributed by atoms with Gasteiger partial charge in [0.15, 0.2) is 0 Å². The van der Waals surface area contributed by atoms with Crippen molar-refractivity contribution < 1.29 is 35.8 Å². The molecule has 1 saturated carbocycles. The highest BCUT2D eigenvalue weighted by Gasteiger charge is 2.54. The maximum atomic E-state index is 12.5. The third-order valence-corrected chi connectivity index (χ3v) is 6.02. The molecule has 25 heavy (non-hydrogen) atoms. The molecule has 4 atom stereocenters. The van der Waals surface area contributed by atoms with Crippen LogP contribution in [0.4, 0.5) is 13.2 Å². The van der Waals surface area contributed by atoms with Gasteiger partial charge in [0, 0.05) is 31.6 Å². The molecule has 0 spiro atoms. The van der Waals surface area contributed by atoms with Crippen molar-refractivity contribution in [3.05, 3.63) is 24.3 Å². The summed E-state index contributed by atoms with van der Waals surface area (Å²) in [5, 5.41) is 0. The first-order valence-electron chi connectivity index (χ1n) is 7.70. The van der Waals surface area contributed by atoms with Gasteiger partial charge in [-0.1, -0.05) is 0 Å². The Hall–Kier alpha value is -1.36. The minimum Gasteiger partial charge on any atom is -0.406 e. The minimum atomic E-state index is -4.82. The van der Waals surface area contributed by atoms with Crippen molar-refractivity contribution in [1.29, 1.82) is 0 Å². The second kappa shape index (κ2) is 6.75. The Bertz CT molecular complexity index is 707. The quantitative estimate of drug-likeness (QED) is 0.815. The van der Waals surface area contributed by atoms with Crippen molar-refractivity contribution in [3.63, 3.8) is 0 Å². The van der Waals surface area contributed by atoms with E-state index >= 15 is 0 Å². The van der Waals surface area contributed by atoms with E-state index < -0.39 is 22.1 Å². The fraction of sp³-hybridized carbons (Fsp3) is 0.600. The normalized spacial score (nSPS) is 29.1. The van der Waals surface area contributed by atoms with Gasteiger partial charge in [0.2, 0.25) is 10.0 Å². The van der Waals surface area contributed by atoms with Gasteiger partial charge in [-0.25, -0.2) is 13.1 Å². The lowest BCUT2D eigenvalue weighted by Crippen LogP contribution is -2.62. The van der Waals surface area contributed by atoms with Gasteiger partial charge in [0.25, 0.3) is 0 Å². The van der Waals surface area contributed by atoms with E-state index in [1.165, 1.54) is 7.11 Å². The van der Waals surface area contributed by atoms with Gasteiger partial charge in [-0.05, 0) is 30.7 Å². The first-order valence-corrected chi connectivity index (χ1v) is 9.18. The molecular weight excluding hydrogens is 363 g/mol. The molecule has 0 radical (unpaired) electrons. The Morgan fingerprint density at radius 2 is 1.96 bits per heavy atom. The van der Waals surface area contributed by atoms with Crippen molar-refractivity contribution in [1.82, 2.24) is 4.72 Å². The van der Waals surface area contributed by atoms with E-state index in [1.807, 2.05) is 0 Å². The van der Waals surface area contributed by atoms with Crippen LogP contribution >= 0.6 is 0 Å². The summed E-state index contributed by atoms with van der Waals surface area (Å²) in [7, 11) is -2.33. The number of hydrogen-bond donors (Lipinski definition) is 1. The molecule has 1 saturated heterocycles. The average molecular weight is 381 g/mol. The standard InChI is InChI=1S/C15H18F3NO5S/c1-22-8-12-13(11-6-7-23-14(11)12)19-25(20,21)10-4-2-9(3-5-10)24-15(16,17)18/h2-5,11-14,19H,6-8H2,1H3. The predicted molar refractivity (Wildman–Crippen MR) is 80.4 cm³/mol. The molecular formula is C15H18F3NO5S. The topological polar surface area (TPSA) is 73.9 Å². The lowest BCUT2D eigenvalue weighted by Gasteiger charge is -2.47. The summed E-state index contributed by atoms with van der Waals surface area (Å²) in [5.74, 6) is -0.473. The molecule has 1 aromatic rings. The predicted octanol–water partition coefficient (Wildman–Crippen LogP) is 1.91. The van der Waals surface area contributed by atoms with Crippen molar-refractivity contribution in [3.8, 4) is 5.75 Å². The number of ether oxygens (including phenoxy) is 3. The minimum absolute atomic E-state index is 0.0183. The third kappa shape index (κ3) is 3.91. The summed E-state index contributed by atoms with van der Waals surface area (Å²) >= 11 is 0. The molecule has 1 N–H and O–H groups in total. The summed E-state index contributed by atoms with van der Waals surface area (Å²) < 4.78 is 78.6. The maximum Gasteiger partial charge on any atom is 0.573 e. The SMILES string of the molecule is COCC1C(NS(=O)(=O)c2ccc(OC(F)(F)F)cc2)C2CCOC21. The number of alkyl halides is 3. The van der Waals surface area contributed by atoms with Gasteiger partial charge in [-0.2, -0.15) is 0 Å². The van der Waals surface area contributed by atoms with Crippen LogP contribution in [-0.4, -0.2) is 47.2 Å². The molecule has 1 aliphatic heterocycles. The number of rotatable bonds is 6. The monoisotopic (exact) mass is 381 g/mol. The maximum absolute atomic E-state index is 12.5. The Labute approximate surface area is 143 Å². The molecule has 140 valence electrons. The average Bonchev–Trinajstić information content (AvgIpc) is 2.94. The first kappa shape index (κ1) is 18.4. The van der Waals surface area contributed by atoms with Gasteiger partial charge >= 0.3 is 6.36 Å². The lowest BCUT2D eigenvalue weighted by molar-refractivity contribution is -0.274. The van der Waals surface area contributed by atoms with Crippen LogP contribution in [0.3, 0.4) is 0 Å². The van der Waals surface area contributed by atoms with Crippen LogP contribution in [-0.2, 0) is 19.5 Å². The van der Waals surface area contributed by atoms with Crippen LogP contribution in [0.1, 0.15) is 6.42 Å². The molecule has 2 aliphatic rings. The highest BCUT2D eigenvalue weighted by atomic mass is 32.2. The summed E-state index contributed by atoms with van der Waals surface area (Å²) in [6, 6.07) is 3.78. The van der Waals surface area contributed by atoms with Crippen LogP contribution in [0, 0.1) is 11.8 Å². The Balaban J connectivity index is 1.71. The number of halogens is 3. The summed E-state index contributed by atoms with van der Waals surface area (Å²) in [4.78, 5) is -0.124. The molecule has 0 amide bonds. The zero-order valence-corrected chi connectivity index (χ0v) is 14.1. The molecule has 4 unspecified atom stereocenters. The Kier molecular flexibility index (Phi) is 4.97. The number of hydrogen-bond acceptors (Lipinski definition) is 5. The van der Waals surface area contributed by atoms with E-state index in [0.29, 0.717) is 13.2 Å². The zero-order chi connectivity index (χ0) is 18.2. The molecule has 1 aliphatic carbocycles. The second-order valence-corrected chi connectivity index (χ2v) is 7.79. The van der Waals surface area contributed by atoms with Crippen LogP contribution in [0.15, 0.2) is 29.2 Å². The van der Waals surface area contributed by atoms with Crippen molar-refractivity contribution >= 4 is 10.0 Å². The first-order chi connectivity index (χ1) is 11.7. The van der Waals surface area contributed by atoms with E-state index in [1.54, 1.807) is 0 Å². The molecule has 3 rings (SSSR count). The lowest BCUT2D eigenvalue weighted by atomic mass is 9.68. The summed E-state index contributed by atoms with van der Waals surface area (Å²) in [5.41, 5.74) is 0. The molecule has 0 aromatic heterocycles. The number of methoxy groups -OCH3 is 1. The Morgan fingerprint density at radius 1 is 1.28 bits per heavy atom. The highest BCUT2D eigenvalue weighted by molar-refractivity contribution is 7.89. The van der Waals surface area contributed by atoms with Crippen molar-refractivity contribution in [2.75, 3.05) is 20.3 Å². The number of fused-ring (bicyclic) bond motifs is 1. The second-order valence-electron chi connectivity index (χ2n) is 6.07. The largest absolute Gasteiger partial charge is 0.573 e. The third-order valence-electron chi connectivity index (χ3n) is 4.55. The van der Waals surface area contributed by atoms with Crippen molar-refractivity contribution in [2.24, 2.45) is 11.8 Å².